The van der Waals surface area contributed by atoms with Crippen molar-refractivity contribution in [3.63, 3.8) is 0 Å². The van der Waals surface area contributed by atoms with Gasteiger partial charge in [0.1, 0.15) is 36.8 Å². The molecule has 0 unspecified atom stereocenters. The van der Waals surface area contributed by atoms with Crippen LogP contribution in [0.25, 0.3) is 11.1 Å². The number of carbonyl (C=O) groups is 1. The molecule has 3 aromatic rings. The highest BCUT2D eigenvalue weighted by molar-refractivity contribution is 5.91. The van der Waals surface area contributed by atoms with Crippen molar-refractivity contribution in [2.75, 3.05) is 20.8 Å². The topological polar surface area (TPSA) is 225 Å². The maximum Gasteiger partial charge on any atom is 0.338 e. The van der Waals surface area contributed by atoms with Gasteiger partial charge in [-0.3, -0.25) is 0 Å². The van der Waals surface area contributed by atoms with Gasteiger partial charge in [0, 0.05) is 11.1 Å². The smallest absolute Gasteiger partial charge is 0.338 e. The number of rotatable bonds is 7. The number of aliphatic hydroxyl groups is 3. The van der Waals surface area contributed by atoms with Gasteiger partial charge in [0.05, 0.1) is 25.9 Å². The zero-order valence-electron chi connectivity index (χ0n) is 26.4. The quantitative estimate of drug-likeness (QED) is 0.133. The average molecular weight is 673 g/mol. The third-order valence-electron chi connectivity index (χ3n) is 8.70. The predicted molar refractivity (Wildman–Crippen MR) is 167 cm³/mol. The molecule has 48 heavy (non-hydrogen) atoms. The Labute approximate surface area is 275 Å². The van der Waals surface area contributed by atoms with Gasteiger partial charge in [-0.2, -0.15) is 0 Å². The van der Waals surface area contributed by atoms with E-state index in [2.05, 4.69) is 0 Å². The monoisotopic (exact) mass is 672 g/mol. The fourth-order valence-corrected chi connectivity index (χ4v) is 6.04. The van der Waals surface area contributed by atoms with E-state index in [9.17, 15) is 45.6 Å². The number of esters is 1. The Morgan fingerprint density at radius 1 is 0.771 bits per heavy atom. The number of benzene rings is 3. The Balaban J connectivity index is 1.33. The minimum absolute atomic E-state index is 0.00967. The Kier molecular flexibility index (Phi) is 10.7. The highest BCUT2D eigenvalue weighted by Gasteiger charge is 2.45. The molecule has 3 aromatic carbocycles. The van der Waals surface area contributed by atoms with E-state index in [1.54, 1.807) is 18.2 Å². The number of ether oxygens (including phenoxy) is 5. The Hall–Kier alpha value is -4.47. The van der Waals surface area contributed by atoms with Gasteiger partial charge < -0.3 is 64.5 Å². The first-order valence-corrected chi connectivity index (χ1v) is 15.5. The van der Waals surface area contributed by atoms with Gasteiger partial charge >= 0.3 is 5.97 Å². The maximum atomic E-state index is 12.6. The molecule has 0 amide bonds. The second kappa shape index (κ2) is 14.7. The lowest BCUT2D eigenvalue weighted by Crippen LogP contribution is -2.60. The van der Waals surface area contributed by atoms with Crippen LogP contribution >= 0.6 is 0 Å². The summed E-state index contributed by atoms with van der Waals surface area (Å²) in [6, 6.07) is 8.69. The van der Waals surface area contributed by atoms with Crippen molar-refractivity contribution >= 4 is 5.97 Å². The van der Waals surface area contributed by atoms with Crippen molar-refractivity contribution in [3.8, 4) is 51.4 Å². The van der Waals surface area contributed by atoms with Crippen LogP contribution in [-0.2, 0) is 27.1 Å². The van der Waals surface area contributed by atoms with Gasteiger partial charge in [-0.15, -0.1) is 0 Å². The van der Waals surface area contributed by atoms with Crippen LogP contribution in [-0.4, -0.2) is 104 Å². The number of hydrogen-bond donors (Lipinski definition) is 8. The molecule has 8 N–H and O–H groups in total. The van der Waals surface area contributed by atoms with Gasteiger partial charge in [-0.25, -0.2) is 4.79 Å². The number of phenolic OH excluding ortho intramolecular Hbond substituents is 5. The van der Waals surface area contributed by atoms with E-state index in [0.29, 0.717) is 55.2 Å². The van der Waals surface area contributed by atoms with Crippen molar-refractivity contribution in [3.05, 3.63) is 53.1 Å². The van der Waals surface area contributed by atoms with Crippen molar-refractivity contribution in [2.45, 2.75) is 75.3 Å². The molecule has 260 valence electrons. The number of methoxy groups -OCH3 is 2. The molecule has 6 atom stereocenters. The Morgan fingerprint density at radius 3 is 2.17 bits per heavy atom. The van der Waals surface area contributed by atoms with Gasteiger partial charge in [-0.1, -0.05) is 12.5 Å². The average Bonchev–Trinajstić information content (AvgIpc) is 3.08. The summed E-state index contributed by atoms with van der Waals surface area (Å²) in [6.45, 7) is -0.581. The third kappa shape index (κ3) is 7.17. The molecule has 2 aliphatic rings. The summed E-state index contributed by atoms with van der Waals surface area (Å²) in [5, 5.41) is 82.7. The standard InChI is InChI=1S/C34H40O14/c1-44-31-21-12-17(26(38)32(31)45-2)5-3-4-6-19(9-7-16-8-10-22(35)20(21)11-16)47-34-30(42)29(41)28(40)25(48-34)15-46-33(43)18-13-23(36)27(39)24(37)14-18/h8,10-14,19,25,28-30,34-42H,3-7,9,15H2,1-2H3/t19-,25+,28+,29-,30+,34+/m0/s1. The minimum atomic E-state index is -1.71. The third-order valence-corrected chi connectivity index (χ3v) is 8.70. The first-order chi connectivity index (χ1) is 22.9. The summed E-state index contributed by atoms with van der Waals surface area (Å²) in [6.07, 6.45) is -5.05. The van der Waals surface area contributed by atoms with Crippen LogP contribution in [0, 0.1) is 0 Å². The van der Waals surface area contributed by atoms with Crippen LogP contribution in [0.1, 0.15) is 47.2 Å². The number of aliphatic hydroxyl groups excluding tert-OH is 3. The van der Waals surface area contributed by atoms with Crippen molar-refractivity contribution in [2.24, 2.45) is 0 Å². The molecule has 14 nitrogen and oxygen atoms in total. The lowest BCUT2D eigenvalue weighted by molar-refractivity contribution is -0.311. The number of hydrogen-bond acceptors (Lipinski definition) is 14. The van der Waals surface area contributed by atoms with E-state index < -0.39 is 66.6 Å². The molecular formula is C34H40O14. The summed E-state index contributed by atoms with van der Waals surface area (Å²) in [4.78, 5) is 12.6. The Bertz CT molecular complexity index is 1600. The molecule has 1 heterocycles. The zero-order chi connectivity index (χ0) is 34.7. The van der Waals surface area contributed by atoms with E-state index in [-0.39, 0.29) is 28.6 Å². The number of aromatic hydroxyl groups is 5. The normalized spacial score (nSPS) is 24.4. The molecule has 1 aliphatic heterocycles. The molecule has 5 rings (SSSR count). The van der Waals surface area contributed by atoms with Crippen molar-refractivity contribution < 1.29 is 69.3 Å². The molecule has 0 saturated carbocycles. The molecule has 1 aliphatic carbocycles. The minimum Gasteiger partial charge on any atom is -0.507 e. The fourth-order valence-electron chi connectivity index (χ4n) is 6.04. The van der Waals surface area contributed by atoms with Gasteiger partial charge in [0.2, 0.25) is 5.75 Å². The first-order valence-electron chi connectivity index (χ1n) is 15.5. The molecular weight excluding hydrogens is 632 g/mol. The number of aryl methyl sites for hydroxylation is 2. The summed E-state index contributed by atoms with van der Waals surface area (Å²) in [5.74, 6) is -2.93. The van der Waals surface area contributed by atoms with E-state index in [4.69, 9.17) is 23.7 Å². The SMILES string of the molecule is COc1c2cc(c(O)c1OC)CCCC[C@H](O[C@@H]1O[C@H](COC(=O)c3cc(O)c(O)c(O)c3)[C@@H](O)[C@H](O)[C@H]1O)CCc1ccc(O)c-2c1. The summed E-state index contributed by atoms with van der Waals surface area (Å²) < 4.78 is 28.2. The summed E-state index contributed by atoms with van der Waals surface area (Å²) in [7, 11) is 2.88. The van der Waals surface area contributed by atoms with Crippen LogP contribution < -0.4 is 9.47 Å². The van der Waals surface area contributed by atoms with Crippen LogP contribution in [0.2, 0.25) is 0 Å². The predicted octanol–water partition coefficient (Wildman–Crippen LogP) is 2.61. The fraction of sp³-hybridized carbons (Fsp3) is 0.441. The molecule has 1 saturated heterocycles. The van der Waals surface area contributed by atoms with Gasteiger partial charge in [-0.05, 0) is 73.6 Å². The first kappa shape index (κ1) is 34.9. The van der Waals surface area contributed by atoms with Crippen LogP contribution in [0.4, 0.5) is 0 Å². The summed E-state index contributed by atoms with van der Waals surface area (Å²) >= 11 is 0. The summed E-state index contributed by atoms with van der Waals surface area (Å²) in [5.41, 5.74) is 2.20. The molecule has 4 bridgehead atoms. The molecule has 0 spiro atoms. The zero-order valence-corrected chi connectivity index (χ0v) is 26.4. The largest absolute Gasteiger partial charge is 0.507 e. The maximum absolute atomic E-state index is 12.6. The highest BCUT2D eigenvalue weighted by Crippen LogP contribution is 2.48. The van der Waals surface area contributed by atoms with Crippen LogP contribution in [0.3, 0.4) is 0 Å². The van der Waals surface area contributed by atoms with Crippen molar-refractivity contribution in [1.29, 1.82) is 0 Å². The number of phenols is 5. The van der Waals surface area contributed by atoms with Crippen LogP contribution in [0.5, 0.6) is 40.2 Å². The molecule has 14 heteroatoms. The number of carbonyl (C=O) groups excluding carboxylic acids is 1. The molecule has 0 radical (unpaired) electrons. The van der Waals surface area contributed by atoms with E-state index in [1.807, 2.05) is 6.07 Å². The van der Waals surface area contributed by atoms with Gasteiger partial charge in [0.15, 0.2) is 35.0 Å². The lowest BCUT2D eigenvalue weighted by atomic mass is 9.95. The Morgan fingerprint density at radius 2 is 1.48 bits per heavy atom. The second-order valence-electron chi connectivity index (χ2n) is 11.9. The lowest BCUT2D eigenvalue weighted by Gasteiger charge is -2.41. The second-order valence-corrected chi connectivity index (χ2v) is 11.9. The van der Waals surface area contributed by atoms with E-state index in [0.717, 1.165) is 17.7 Å². The molecule has 0 aromatic heterocycles. The molecule has 1 fully saturated rings. The van der Waals surface area contributed by atoms with E-state index >= 15 is 0 Å². The van der Waals surface area contributed by atoms with Gasteiger partial charge in [0.25, 0.3) is 0 Å². The highest BCUT2D eigenvalue weighted by atomic mass is 16.7. The van der Waals surface area contributed by atoms with Crippen LogP contribution in [0.15, 0.2) is 36.4 Å². The van der Waals surface area contributed by atoms with Crippen molar-refractivity contribution in [1.82, 2.24) is 0 Å². The van der Waals surface area contributed by atoms with E-state index in [1.165, 1.54) is 14.2 Å². The number of fused-ring (bicyclic) bond motifs is 5.